The van der Waals surface area contributed by atoms with Crippen molar-refractivity contribution >= 4 is 0 Å². The molecule has 0 bridgehead atoms. The molecule has 2 atom stereocenters. The lowest BCUT2D eigenvalue weighted by atomic mass is 10.1. The Kier molecular flexibility index (Phi) is 5.45. The Morgan fingerprint density at radius 3 is 2.79 bits per heavy atom. The number of ether oxygens (including phenoxy) is 2. The van der Waals surface area contributed by atoms with Crippen LogP contribution in [0, 0.1) is 5.92 Å². The smallest absolute Gasteiger partial charge is 0.0808 e. The number of hydrogen-bond donors (Lipinski definition) is 1. The summed E-state index contributed by atoms with van der Waals surface area (Å²) in [6.07, 6.45) is 3.91. The van der Waals surface area contributed by atoms with Crippen molar-refractivity contribution in [3.05, 3.63) is 0 Å². The molecule has 0 saturated carbocycles. The summed E-state index contributed by atoms with van der Waals surface area (Å²) < 4.78 is 11.1. The van der Waals surface area contributed by atoms with Gasteiger partial charge in [0.25, 0.3) is 0 Å². The molecule has 0 aliphatic carbocycles. The highest BCUT2D eigenvalue weighted by Gasteiger charge is 2.15. The zero-order valence-corrected chi connectivity index (χ0v) is 9.37. The Hall–Kier alpha value is -0.120. The van der Waals surface area contributed by atoms with Crippen LogP contribution in [0.1, 0.15) is 33.1 Å². The molecule has 0 radical (unpaired) electrons. The van der Waals surface area contributed by atoms with Crippen molar-refractivity contribution in [2.75, 3.05) is 19.8 Å². The molecule has 1 aliphatic rings. The average molecular weight is 201 g/mol. The second-order valence-electron chi connectivity index (χ2n) is 4.43. The maximum Gasteiger partial charge on any atom is 0.0808 e. The van der Waals surface area contributed by atoms with Gasteiger partial charge in [0.05, 0.1) is 19.3 Å². The third-order valence-corrected chi connectivity index (χ3v) is 2.74. The Morgan fingerprint density at radius 2 is 2.21 bits per heavy atom. The van der Waals surface area contributed by atoms with Gasteiger partial charge in [-0.1, -0.05) is 13.8 Å². The van der Waals surface area contributed by atoms with Gasteiger partial charge in [0, 0.05) is 12.6 Å². The van der Waals surface area contributed by atoms with Crippen molar-refractivity contribution in [2.24, 2.45) is 11.7 Å². The van der Waals surface area contributed by atoms with Crippen LogP contribution < -0.4 is 5.73 Å². The van der Waals surface area contributed by atoms with Gasteiger partial charge < -0.3 is 15.2 Å². The molecule has 0 amide bonds. The van der Waals surface area contributed by atoms with Crippen LogP contribution in [0.4, 0.5) is 0 Å². The van der Waals surface area contributed by atoms with E-state index in [1.54, 1.807) is 0 Å². The zero-order valence-electron chi connectivity index (χ0n) is 9.37. The lowest BCUT2D eigenvalue weighted by Gasteiger charge is -2.23. The van der Waals surface area contributed by atoms with Crippen LogP contribution in [0.15, 0.2) is 0 Å². The topological polar surface area (TPSA) is 44.5 Å². The predicted octanol–water partition coefficient (Wildman–Crippen LogP) is 1.56. The van der Waals surface area contributed by atoms with Crippen LogP contribution in [-0.2, 0) is 9.47 Å². The van der Waals surface area contributed by atoms with Gasteiger partial charge in [0.2, 0.25) is 0 Å². The molecule has 0 spiro atoms. The Morgan fingerprint density at radius 1 is 1.43 bits per heavy atom. The zero-order chi connectivity index (χ0) is 10.4. The highest BCUT2D eigenvalue weighted by Crippen LogP contribution is 2.12. The van der Waals surface area contributed by atoms with E-state index in [2.05, 4.69) is 13.8 Å². The van der Waals surface area contributed by atoms with Crippen LogP contribution >= 0.6 is 0 Å². The highest BCUT2D eigenvalue weighted by molar-refractivity contribution is 4.66. The summed E-state index contributed by atoms with van der Waals surface area (Å²) in [5.41, 5.74) is 5.87. The summed E-state index contributed by atoms with van der Waals surface area (Å²) in [5.74, 6) is 0.488. The number of rotatable bonds is 5. The maximum absolute atomic E-state index is 5.87. The molecule has 1 fully saturated rings. The minimum atomic E-state index is 0.151. The largest absolute Gasteiger partial charge is 0.377 e. The monoisotopic (exact) mass is 201 g/mol. The Balaban J connectivity index is 2.02. The van der Waals surface area contributed by atoms with Crippen LogP contribution in [0.5, 0.6) is 0 Å². The first-order chi connectivity index (χ1) is 6.70. The van der Waals surface area contributed by atoms with Gasteiger partial charge in [-0.3, -0.25) is 0 Å². The highest BCUT2D eigenvalue weighted by atomic mass is 16.5. The lowest BCUT2D eigenvalue weighted by molar-refractivity contribution is -0.0442. The third-order valence-electron chi connectivity index (χ3n) is 2.74. The molecule has 84 valence electrons. The van der Waals surface area contributed by atoms with E-state index in [0.29, 0.717) is 25.2 Å². The Labute approximate surface area is 86.9 Å². The molecule has 0 aromatic carbocycles. The van der Waals surface area contributed by atoms with E-state index in [1.807, 2.05) is 0 Å². The molecule has 1 aliphatic heterocycles. The molecular formula is C11H23NO2. The van der Waals surface area contributed by atoms with Crippen molar-refractivity contribution < 1.29 is 9.47 Å². The second-order valence-corrected chi connectivity index (χ2v) is 4.43. The van der Waals surface area contributed by atoms with Gasteiger partial charge in [-0.2, -0.15) is 0 Å². The van der Waals surface area contributed by atoms with Crippen molar-refractivity contribution in [2.45, 2.75) is 45.3 Å². The number of nitrogens with two attached hydrogens (primary N) is 1. The third kappa shape index (κ3) is 4.40. The van der Waals surface area contributed by atoms with Gasteiger partial charge in [-0.25, -0.2) is 0 Å². The van der Waals surface area contributed by atoms with E-state index in [-0.39, 0.29) is 6.04 Å². The second kappa shape index (κ2) is 6.38. The van der Waals surface area contributed by atoms with E-state index in [0.717, 1.165) is 13.0 Å². The molecule has 3 nitrogen and oxygen atoms in total. The van der Waals surface area contributed by atoms with E-state index in [4.69, 9.17) is 15.2 Å². The molecule has 3 heteroatoms. The van der Waals surface area contributed by atoms with Crippen molar-refractivity contribution in [3.8, 4) is 0 Å². The quantitative estimate of drug-likeness (QED) is 0.734. The van der Waals surface area contributed by atoms with Crippen LogP contribution in [-0.4, -0.2) is 32.0 Å². The first-order valence-corrected chi connectivity index (χ1v) is 5.65. The first kappa shape index (κ1) is 12.0. The van der Waals surface area contributed by atoms with Crippen molar-refractivity contribution in [1.29, 1.82) is 0 Å². The molecule has 1 saturated heterocycles. The number of hydrogen-bond acceptors (Lipinski definition) is 3. The molecular weight excluding hydrogens is 178 g/mol. The lowest BCUT2D eigenvalue weighted by Crippen LogP contribution is -2.34. The molecule has 2 unspecified atom stereocenters. The molecule has 2 N–H and O–H groups in total. The Bertz CT molecular complexity index is 144. The van der Waals surface area contributed by atoms with Gasteiger partial charge in [-0.05, 0) is 25.2 Å². The normalized spacial score (nSPS) is 25.3. The van der Waals surface area contributed by atoms with E-state index < -0.39 is 0 Å². The van der Waals surface area contributed by atoms with Crippen molar-refractivity contribution in [3.63, 3.8) is 0 Å². The average Bonchev–Trinajstić information content (AvgIpc) is 2.19. The fourth-order valence-electron chi connectivity index (χ4n) is 1.47. The van der Waals surface area contributed by atoms with E-state index in [9.17, 15) is 0 Å². The van der Waals surface area contributed by atoms with Gasteiger partial charge in [0.1, 0.15) is 0 Å². The maximum atomic E-state index is 5.87. The van der Waals surface area contributed by atoms with Crippen LogP contribution in [0.3, 0.4) is 0 Å². The summed E-state index contributed by atoms with van der Waals surface area (Å²) in [6, 6.07) is 0.151. The van der Waals surface area contributed by atoms with Crippen molar-refractivity contribution in [1.82, 2.24) is 0 Å². The van der Waals surface area contributed by atoms with Crippen LogP contribution in [0.25, 0.3) is 0 Å². The summed E-state index contributed by atoms with van der Waals surface area (Å²) in [6.45, 7) is 6.48. The minimum Gasteiger partial charge on any atom is -0.377 e. The molecule has 0 aromatic rings. The summed E-state index contributed by atoms with van der Waals surface area (Å²) >= 11 is 0. The van der Waals surface area contributed by atoms with Gasteiger partial charge in [0.15, 0.2) is 0 Å². The summed E-state index contributed by atoms with van der Waals surface area (Å²) in [7, 11) is 0. The minimum absolute atomic E-state index is 0.151. The fourth-order valence-corrected chi connectivity index (χ4v) is 1.47. The summed E-state index contributed by atoms with van der Waals surface area (Å²) in [5, 5.41) is 0. The predicted molar refractivity (Wildman–Crippen MR) is 57.2 cm³/mol. The first-order valence-electron chi connectivity index (χ1n) is 5.65. The molecule has 1 rings (SSSR count). The fraction of sp³-hybridized carbons (Fsp3) is 1.00. The molecule has 1 heterocycles. The van der Waals surface area contributed by atoms with Gasteiger partial charge in [-0.15, -0.1) is 0 Å². The SMILES string of the molecule is CC(C)C(N)COCC1CCCCO1. The molecule has 0 aromatic heterocycles. The van der Waals surface area contributed by atoms with E-state index >= 15 is 0 Å². The summed E-state index contributed by atoms with van der Waals surface area (Å²) in [4.78, 5) is 0. The molecule has 14 heavy (non-hydrogen) atoms. The van der Waals surface area contributed by atoms with E-state index in [1.165, 1.54) is 12.8 Å². The van der Waals surface area contributed by atoms with Gasteiger partial charge >= 0.3 is 0 Å². The standard InChI is InChI=1S/C11H23NO2/c1-9(2)11(12)8-13-7-10-5-3-4-6-14-10/h9-11H,3-8,12H2,1-2H3. The van der Waals surface area contributed by atoms with Crippen LogP contribution in [0.2, 0.25) is 0 Å².